The summed E-state index contributed by atoms with van der Waals surface area (Å²) < 4.78 is 0.876. The van der Waals surface area contributed by atoms with Crippen LogP contribution in [0.2, 0.25) is 0 Å². The molecule has 0 radical (unpaired) electrons. The number of halogens is 1. The molecule has 17 heavy (non-hydrogen) atoms. The zero-order valence-corrected chi connectivity index (χ0v) is 11.4. The van der Waals surface area contributed by atoms with E-state index < -0.39 is 0 Å². The average molecular weight is 299 g/mol. The molecule has 0 N–H and O–H groups in total. The second-order valence-electron chi connectivity index (χ2n) is 4.05. The van der Waals surface area contributed by atoms with Gasteiger partial charge in [-0.1, -0.05) is 0 Å². The fourth-order valence-corrected chi connectivity index (χ4v) is 2.11. The lowest BCUT2D eigenvalue weighted by Gasteiger charge is -2.21. The fraction of sp³-hybridized carbons (Fsp3) is 0.545. The highest BCUT2D eigenvalue weighted by Crippen LogP contribution is 2.13. The Labute approximate surface area is 109 Å². The third kappa shape index (κ3) is 3.15. The molecule has 2 rings (SSSR count). The molecule has 1 aliphatic heterocycles. The van der Waals surface area contributed by atoms with Crippen molar-refractivity contribution in [3.63, 3.8) is 0 Å². The Morgan fingerprint density at radius 2 is 1.94 bits per heavy atom. The maximum absolute atomic E-state index is 11.3. The summed E-state index contributed by atoms with van der Waals surface area (Å²) in [5.74, 6) is 0.877. The number of amides is 1. The monoisotopic (exact) mass is 298 g/mol. The molecule has 0 unspecified atom stereocenters. The van der Waals surface area contributed by atoms with Crippen molar-refractivity contribution in [3.8, 4) is 0 Å². The van der Waals surface area contributed by atoms with Crippen LogP contribution in [-0.4, -0.2) is 47.0 Å². The van der Waals surface area contributed by atoms with Gasteiger partial charge >= 0.3 is 0 Å². The van der Waals surface area contributed by atoms with E-state index in [9.17, 15) is 4.79 Å². The molecule has 0 atom stereocenters. The van der Waals surface area contributed by atoms with Gasteiger partial charge in [-0.2, -0.15) is 0 Å². The Balaban J connectivity index is 2.03. The number of aromatic nitrogens is 2. The van der Waals surface area contributed by atoms with Crippen LogP contribution in [0, 0.1) is 0 Å². The molecule has 6 heteroatoms. The van der Waals surface area contributed by atoms with Crippen molar-refractivity contribution in [2.45, 2.75) is 13.3 Å². The number of hydrogen-bond acceptors (Lipinski definition) is 4. The molecule has 92 valence electrons. The number of anilines is 1. The third-order valence-electron chi connectivity index (χ3n) is 2.83. The van der Waals surface area contributed by atoms with Crippen molar-refractivity contribution in [1.29, 1.82) is 0 Å². The summed E-state index contributed by atoms with van der Waals surface area (Å²) in [6, 6.07) is 0. The van der Waals surface area contributed by atoms with Crippen molar-refractivity contribution < 1.29 is 4.79 Å². The van der Waals surface area contributed by atoms with E-state index in [0.29, 0.717) is 0 Å². The summed E-state index contributed by atoms with van der Waals surface area (Å²) in [4.78, 5) is 23.9. The van der Waals surface area contributed by atoms with Crippen LogP contribution in [0.1, 0.15) is 13.3 Å². The Hall–Kier alpha value is -1.17. The number of hydrogen-bond donors (Lipinski definition) is 0. The number of nitrogens with zero attached hydrogens (tertiary/aromatic N) is 4. The lowest BCUT2D eigenvalue weighted by molar-refractivity contribution is -0.128. The van der Waals surface area contributed by atoms with Crippen LogP contribution in [0.25, 0.3) is 0 Å². The molecule has 1 saturated heterocycles. The first-order valence-electron chi connectivity index (χ1n) is 5.65. The van der Waals surface area contributed by atoms with Crippen LogP contribution >= 0.6 is 15.9 Å². The lowest BCUT2D eigenvalue weighted by Crippen LogP contribution is -2.34. The zero-order chi connectivity index (χ0) is 12.3. The molecule has 2 heterocycles. The lowest BCUT2D eigenvalue weighted by atomic mass is 10.4. The van der Waals surface area contributed by atoms with E-state index in [2.05, 4.69) is 30.8 Å². The van der Waals surface area contributed by atoms with Gasteiger partial charge in [0.2, 0.25) is 11.9 Å². The smallest absolute Gasteiger partial charge is 0.225 e. The van der Waals surface area contributed by atoms with E-state index >= 15 is 0 Å². The van der Waals surface area contributed by atoms with Crippen LogP contribution in [0.4, 0.5) is 5.95 Å². The Kier molecular flexibility index (Phi) is 3.93. The molecule has 1 fully saturated rings. The van der Waals surface area contributed by atoms with Gasteiger partial charge < -0.3 is 9.80 Å². The van der Waals surface area contributed by atoms with Gasteiger partial charge in [-0.3, -0.25) is 4.79 Å². The summed E-state index contributed by atoms with van der Waals surface area (Å²) in [6.45, 7) is 4.87. The Morgan fingerprint density at radius 3 is 2.59 bits per heavy atom. The van der Waals surface area contributed by atoms with Gasteiger partial charge in [0, 0.05) is 45.5 Å². The van der Waals surface area contributed by atoms with Crippen molar-refractivity contribution in [3.05, 3.63) is 16.9 Å². The summed E-state index contributed by atoms with van der Waals surface area (Å²) in [5, 5.41) is 0. The molecule has 1 aromatic rings. The minimum absolute atomic E-state index is 0.142. The van der Waals surface area contributed by atoms with Gasteiger partial charge in [0.25, 0.3) is 0 Å². The number of carbonyl (C=O) groups excluding carboxylic acids is 1. The first-order valence-corrected chi connectivity index (χ1v) is 6.44. The molecule has 1 aliphatic rings. The maximum Gasteiger partial charge on any atom is 0.225 e. The molecule has 0 spiro atoms. The van der Waals surface area contributed by atoms with Gasteiger partial charge in [-0.15, -0.1) is 0 Å². The quantitative estimate of drug-likeness (QED) is 0.784. The van der Waals surface area contributed by atoms with Crippen molar-refractivity contribution in [2.75, 3.05) is 31.1 Å². The normalized spacial score (nSPS) is 16.8. The summed E-state index contributed by atoms with van der Waals surface area (Å²) in [5.41, 5.74) is 0. The molecule has 0 saturated carbocycles. The van der Waals surface area contributed by atoms with Crippen LogP contribution in [-0.2, 0) is 4.79 Å². The third-order valence-corrected chi connectivity index (χ3v) is 3.24. The summed E-state index contributed by atoms with van der Waals surface area (Å²) in [7, 11) is 0. The summed E-state index contributed by atoms with van der Waals surface area (Å²) in [6.07, 6.45) is 4.45. The molecular weight excluding hydrogens is 284 g/mol. The second-order valence-corrected chi connectivity index (χ2v) is 4.96. The van der Waals surface area contributed by atoms with Crippen molar-refractivity contribution >= 4 is 27.8 Å². The van der Waals surface area contributed by atoms with E-state index in [-0.39, 0.29) is 5.91 Å². The van der Waals surface area contributed by atoms with Crippen LogP contribution in [0.15, 0.2) is 16.9 Å². The molecular formula is C11H15BrN4O. The van der Waals surface area contributed by atoms with E-state index in [1.54, 1.807) is 19.3 Å². The van der Waals surface area contributed by atoms with Crippen LogP contribution in [0.3, 0.4) is 0 Å². The highest BCUT2D eigenvalue weighted by Gasteiger charge is 2.17. The Bertz CT molecular complexity index is 395. The topological polar surface area (TPSA) is 49.3 Å². The van der Waals surface area contributed by atoms with Crippen LogP contribution in [0.5, 0.6) is 0 Å². The number of carbonyl (C=O) groups is 1. The minimum Gasteiger partial charge on any atom is -0.341 e. The molecule has 0 aliphatic carbocycles. The molecule has 1 aromatic heterocycles. The molecule has 0 bridgehead atoms. The van der Waals surface area contributed by atoms with Crippen LogP contribution < -0.4 is 4.90 Å². The standard InChI is InChI=1S/C11H15BrN4O/c1-9(17)15-3-2-4-16(6-5-15)11-13-7-10(12)8-14-11/h7-8H,2-6H2,1H3. The van der Waals surface area contributed by atoms with Gasteiger partial charge in [0.15, 0.2) is 0 Å². The SMILES string of the molecule is CC(=O)N1CCCN(c2ncc(Br)cn2)CC1. The maximum atomic E-state index is 11.3. The van der Waals surface area contributed by atoms with E-state index in [1.807, 2.05) is 4.90 Å². The average Bonchev–Trinajstić information content (AvgIpc) is 2.55. The van der Waals surface area contributed by atoms with E-state index in [1.165, 1.54) is 0 Å². The minimum atomic E-state index is 0.142. The first kappa shape index (κ1) is 12.3. The summed E-state index contributed by atoms with van der Waals surface area (Å²) >= 11 is 3.32. The van der Waals surface area contributed by atoms with Gasteiger partial charge in [0.05, 0.1) is 4.47 Å². The van der Waals surface area contributed by atoms with Crippen molar-refractivity contribution in [1.82, 2.24) is 14.9 Å². The van der Waals surface area contributed by atoms with Gasteiger partial charge in [0.1, 0.15) is 0 Å². The molecule has 1 amide bonds. The second kappa shape index (κ2) is 5.44. The molecule has 5 nitrogen and oxygen atoms in total. The number of rotatable bonds is 1. The van der Waals surface area contributed by atoms with Gasteiger partial charge in [-0.05, 0) is 22.4 Å². The van der Waals surface area contributed by atoms with E-state index in [4.69, 9.17) is 0 Å². The first-order chi connectivity index (χ1) is 8.16. The molecule has 0 aromatic carbocycles. The largest absolute Gasteiger partial charge is 0.341 e. The highest BCUT2D eigenvalue weighted by molar-refractivity contribution is 9.10. The Morgan fingerprint density at radius 1 is 1.24 bits per heavy atom. The highest BCUT2D eigenvalue weighted by atomic mass is 79.9. The zero-order valence-electron chi connectivity index (χ0n) is 9.77. The predicted molar refractivity (Wildman–Crippen MR) is 68.8 cm³/mol. The predicted octanol–water partition coefficient (Wildman–Crippen LogP) is 1.30. The van der Waals surface area contributed by atoms with Crippen molar-refractivity contribution in [2.24, 2.45) is 0 Å². The fourth-order valence-electron chi connectivity index (χ4n) is 1.90. The van der Waals surface area contributed by atoms with Gasteiger partial charge in [-0.25, -0.2) is 9.97 Å². The van der Waals surface area contributed by atoms with E-state index in [0.717, 1.165) is 43.0 Å².